The van der Waals surface area contributed by atoms with Crippen LogP contribution in [-0.4, -0.2) is 16.1 Å². The van der Waals surface area contributed by atoms with Crippen molar-refractivity contribution < 1.29 is 18.0 Å². The minimum absolute atomic E-state index is 0.0358. The van der Waals surface area contributed by atoms with Gasteiger partial charge < -0.3 is 0 Å². The number of hydrogen-bond donors (Lipinski definition) is 0. The maximum Gasteiger partial charge on any atom is 0.155 e. The monoisotopic (exact) mass is 380 g/mol. The van der Waals surface area contributed by atoms with Crippen molar-refractivity contribution in [3.05, 3.63) is 70.1 Å². The molecule has 3 aromatic rings. The first kappa shape index (κ1) is 15.5. The maximum atomic E-state index is 14.0. The molecule has 0 aliphatic carbocycles. The highest BCUT2D eigenvalue weighted by Crippen LogP contribution is 2.32. The van der Waals surface area contributed by atoms with Gasteiger partial charge in [-0.05, 0) is 40.2 Å². The molecule has 0 unspecified atom stereocenters. The molecule has 0 radical (unpaired) electrons. The zero-order valence-electron chi connectivity index (χ0n) is 11.4. The molecule has 0 aliphatic heterocycles. The van der Waals surface area contributed by atoms with Crippen LogP contribution >= 0.6 is 15.9 Å². The van der Waals surface area contributed by atoms with Gasteiger partial charge >= 0.3 is 0 Å². The predicted octanol–water partition coefficient (Wildman–Crippen LogP) is 4.53. The summed E-state index contributed by atoms with van der Waals surface area (Å²) in [5, 5.41) is 4.08. The number of aldehydes is 1. The van der Waals surface area contributed by atoms with E-state index in [0.29, 0.717) is 6.29 Å². The van der Waals surface area contributed by atoms with Crippen molar-refractivity contribution in [2.45, 2.75) is 0 Å². The van der Waals surface area contributed by atoms with Gasteiger partial charge in [-0.2, -0.15) is 5.10 Å². The van der Waals surface area contributed by atoms with Gasteiger partial charge in [0.1, 0.15) is 33.4 Å². The Kier molecular flexibility index (Phi) is 4.04. The molecule has 116 valence electrons. The molecule has 3 nitrogen and oxygen atoms in total. The topological polar surface area (TPSA) is 34.9 Å². The normalized spacial score (nSPS) is 10.8. The minimum Gasteiger partial charge on any atom is -0.298 e. The number of carbonyl (C=O) groups excluding carboxylic acids is 1. The molecular formula is C16H8BrF3N2O. The Balaban J connectivity index is 2.28. The summed E-state index contributed by atoms with van der Waals surface area (Å²) in [6.45, 7) is 0. The average Bonchev–Trinajstić information content (AvgIpc) is 2.86. The quantitative estimate of drug-likeness (QED) is 0.625. The van der Waals surface area contributed by atoms with Crippen LogP contribution in [0.4, 0.5) is 13.2 Å². The van der Waals surface area contributed by atoms with Crippen LogP contribution in [0.1, 0.15) is 10.4 Å². The molecule has 0 saturated carbocycles. The fraction of sp³-hybridized carbons (Fsp3) is 0. The molecule has 0 spiro atoms. The molecule has 1 heterocycles. The number of benzene rings is 2. The summed E-state index contributed by atoms with van der Waals surface area (Å²) in [5.41, 5.74) is -0.0270. The molecular weight excluding hydrogens is 373 g/mol. The summed E-state index contributed by atoms with van der Waals surface area (Å²) >= 11 is 3.14. The third-order valence-corrected chi connectivity index (χ3v) is 4.01. The molecule has 2 aromatic carbocycles. The smallest absolute Gasteiger partial charge is 0.155 e. The SMILES string of the molecule is O=Cc1c(-c2ccccc2F)nn(-c2cc(F)ccc2F)c1Br. The number of aromatic nitrogens is 2. The Bertz CT molecular complexity index is 908. The van der Waals surface area contributed by atoms with Gasteiger partial charge in [0, 0.05) is 11.6 Å². The van der Waals surface area contributed by atoms with E-state index in [1.165, 1.54) is 18.2 Å². The Morgan fingerprint density at radius 3 is 2.48 bits per heavy atom. The largest absolute Gasteiger partial charge is 0.298 e. The molecule has 0 saturated heterocycles. The van der Waals surface area contributed by atoms with Crippen molar-refractivity contribution in [3.63, 3.8) is 0 Å². The van der Waals surface area contributed by atoms with Gasteiger partial charge in [0.25, 0.3) is 0 Å². The van der Waals surface area contributed by atoms with Gasteiger partial charge in [-0.15, -0.1) is 0 Å². The van der Waals surface area contributed by atoms with E-state index in [0.717, 1.165) is 22.9 Å². The van der Waals surface area contributed by atoms with Gasteiger partial charge in [0.05, 0.1) is 5.56 Å². The van der Waals surface area contributed by atoms with Crippen LogP contribution in [0.3, 0.4) is 0 Å². The van der Waals surface area contributed by atoms with Crippen molar-refractivity contribution in [2.75, 3.05) is 0 Å². The third-order valence-electron chi connectivity index (χ3n) is 3.25. The summed E-state index contributed by atoms with van der Waals surface area (Å²) < 4.78 is 42.4. The highest BCUT2D eigenvalue weighted by molar-refractivity contribution is 9.10. The van der Waals surface area contributed by atoms with Gasteiger partial charge in [-0.25, -0.2) is 17.9 Å². The summed E-state index contributed by atoms with van der Waals surface area (Å²) in [4.78, 5) is 11.4. The molecule has 0 fully saturated rings. The first-order valence-corrected chi connectivity index (χ1v) is 7.26. The van der Waals surface area contributed by atoms with Crippen molar-refractivity contribution in [1.29, 1.82) is 0 Å². The molecule has 0 amide bonds. The van der Waals surface area contributed by atoms with Gasteiger partial charge in [-0.3, -0.25) is 4.79 Å². The lowest BCUT2D eigenvalue weighted by Crippen LogP contribution is -2.01. The van der Waals surface area contributed by atoms with E-state index in [4.69, 9.17) is 0 Å². The second-order valence-corrected chi connectivity index (χ2v) is 5.41. The van der Waals surface area contributed by atoms with E-state index in [1.807, 2.05) is 0 Å². The number of carbonyl (C=O) groups is 1. The van der Waals surface area contributed by atoms with E-state index < -0.39 is 17.5 Å². The lowest BCUT2D eigenvalue weighted by molar-refractivity contribution is 0.112. The Morgan fingerprint density at radius 1 is 1.04 bits per heavy atom. The lowest BCUT2D eigenvalue weighted by Gasteiger charge is -2.05. The van der Waals surface area contributed by atoms with Crippen LogP contribution < -0.4 is 0 Å². The van der Waals surface area contributed by atoms with E-state index in [-0.39, 0.29) is 27.1 Å². The zero-order chi connectivity index (χ0) is 16.6. The van der Waals surface area contributed by atoms with E-state index >= 15 is 0 Å². The summed E-state index contributed by atoms with van der Waals surface area (Å²) in [5.74, 6) is -1.97. The molecule has 23 heavy (non-hydrogen) atoms. The molecule has 3 rings (SSSR count). The number of nitrogens with zero attached hydrogens (tertiary/aromatic N) is 2. The molecule has 0 bridgehead atoms. The van der Waals surface area contributed by atoms with Crippen molar-refractivity contribution in [1.82, 2.24) is 9.78 Å². The predicted molar refractivity (Wildman–Crippen MR) is 82.0 cm³/mol. The van der Waals surface area contributed by atoms with E-state index in [1.54, 1.807) is 6.07 Å². The van der Waals surface area contributed by atoms with Gasteiger partial charge in [0.15, 0.2) is 6.29 Å². The molecule has 7 heteroatoms. The second kappa shape index (κ2) is 6.00. The van der Waals surface area contributed by atoms with Crippen LogP contribution in [0.5, 0.6) is 0 Å². The minimum atomic E-state index is -0.730. The van der Waals surface area contributed by atoms with Crippen molar-refractivity contribution >= 4 is 22.2 Å². The molecule has 0 N–H and O–H groups in total. The maximum absolute atomic E-state index is 14.0. The molecule has 1 aromatic heterocycles. The van der Waals surface area contributed by atoms with Gasteiger partial charge in [-0.1, -0.05) is 12.1 Å². The standard InChI is InChI=1S/C16H8BrF3N2O/c17-16-11(8-23)15(10-3-1-2-4-12(10)19)21-22(16)14-7-9(18)5-6-13(14)20/h1-8H. The zero-order valence-corrected chi connectivity index (χ0v) is 13.0. The van der Waals surface area contributed by atoms with Gasteiger partial charge in [0.2, 0.25) is 0 Å². The summed E-state index contributed by atoms with van der Waals surface area (Å²) in [6, 6.07) is 8.60. The number of halogens is 4. The second-order valence-electron chi connectivity index (χ2n) is 4.66. The van der Waals surface area contributed by atoms with Crippen LogP contribution in [0.15, 0.2) is 47.1 Å². The fourth-order valence-electron chi connectivity index (χ4n) is 2.17. The fourth-order valence-corrected chi connectivity index (χ4v) is 2.73. The first-order chi connectivity index (χ1) is 11.0. The van der Waals surface area contributed by atoms with E-state index in [2.05, 4.69) is 21.0 Å². The Morgan fingerprint density at radius 2 is 1.78 bits per heavy atom. The Hall–Kier alpha value is -2.41. The summed E-state index contributed by atoms with van der Waals surface area (Å²) in [6.07, 6.45) is 0.479. The average molecular weight is 381 g/mol. The molecule has 0 atom stereocenters. The van der Waals surface area contributed by atoms with Crippen LogP contribution in [0.25, 0.3) is 16.9 Å². The van der Waals surface area contributed by atoms with Crippen molar-refractivity contribution in [2.24, 2.45) is 0 Å². The highest BCUT2D eigenvalue weighted by atomic mass is 79.9. The molecule has 0 aliphatic rings. The van der Waals surface area contributed by atoms with E-state index in [9.17, 15) is 18.0 Å². The van der Waals surface area contributed by atoms with Crippen LogP contribution in [0, 0.1) is 17.5 Å². The van der Waals surface area contributed by atoms with Crippen LogP contribution in [-0.2, 0) is 0 Å². The number of hydrogen-bond acceptors (Lipinski definition) is 2. The van der Waals surface area contributed by atoms with Crippen molar-refractivity contribution in [3.8, 4) is 16.9 Å². The summed E-state index contributed by atoms with van der Waals surface area (Å²) in [7, 11) is 0. The third kappa shape index (κ3) is 2.68. The highest BCUT2D eigenvalue weighted by Gasteiger charge is 2.21. The van der Waals surface area contributed by atoms with Crippen LogP contribution in [0.2, 0.25) is 0 Å². The Labute approximate surface area is 137 Å². The number of rotatable bonds is 3. The lowest BCUT2D eigenvalue weighted by atomic mass is 10.1. The first-order valence-electron chi connectivity index (χ1n) is 6.47.